The summed E-state index contributed by atoms with van der Waals surface area (Å²) in [7, 11) is 0. The highest BCUT2D eigenvalue weighted by Gasteiger charge is 2.25. The van der Waals surface area contributed by atoms with E-state index in [0.29, 0.717) is 13.1 Å². The molecule has 20 heavy (non-hydrogen) atoms. The van der Waals surface area contributed by atoms with Gasteiger partial charge in [0.05, 0.1) is 0 Å². The van der Waals surface area contributed by atoms with Crippen molar-refractivity contribution in [1.82, 2.24) is 10.2 Å². The number of primary amides is 1. The van der Waals surface area contributed by atoms with Gasteiger partial charge in [-0.05, 0) is 19.1 Å². The molecule has 1 aromatic carbocycles. The molecule has 0 radical (unpaired) electrons. The van der Waals surface area contributed by atoms with Crippen molar-refractivity contribution in [2.75, 3.05) is 31.1 Å². The van der Waals surface area contributed by atoms with Crippen molar-refractivity contribution >= 4 is 17.6 Å². The molecule has 1 heterocycles. The lowest BCUT2D eigenvalue weighted by Gasteiger charge is -2.37. The first-order valence-corrected chi connectivity index (χ1v) is 6.72. The Morgan fingerprint density at radius 3 is 2.30 bits per heavy atom. The Hall–Kier alpha value is -2.24. The molecule has 2 rings (SSSR count). The zero-order valence-corrected chi connectivity index (χ0v) is 11.6. The molecule has 6 heteroatoms. The number of benzene rings is 1. The summed E-state index contributed by atoms with van der Waals surface area (Å²) in [6.45, 7) is 4.53. The second-order valence-corrected chi connectivity index (χ2v) is 4.88. The molecule has 0 spiro atoms. The number of hydrogen-bond acceptors (Lipinski definition) is 3. The third-order valence-corrected chi connectivity index (χ3v) is 3.44. The first-order valence-electron chi connectivity index (χ1n) is 6.72. The van der Waals surface area contributed by atoms with E-state index < -0.39 is 12.1 Å². The molecule has 6 nitrogen and oxygen atoms in total. The van der Waals surface area contributed by atoms with Gasteiger partial charge in [-0.1, -0.05) is 18.2 Å². The number of hydrogen-bond donors (Lipinski definition) is 2. The quantitative estimate of drug-likeness (QED) is 0.838. The van der Waals surface area contributed by atoms with Gasteiger partial charge >= 0.3 is 6.03 Å². The summed E-state index contributed by atoms with van der Waals surface area (Å²) < 4.78 is 0. The molecule has 1 fully saturated rings. The van der Waals surface area contributed by atoms with Crippen LogP contribution < -0.4 is 16.0 Å². The van der Waals surface area contributed by atoms with Gasteiger partial charge < -0.3 is 20.9 Å². The number of urea groups is 1. The van der Waals surface area contributed by atoms with Crippen molar-refractivity contribution in [3.05, 3.63) is 30.3 Å². The normalized spacial score (nSPS) is 16.6. The van der Waals surface area contributed by atoms with Crippen LogP contribution >= 0.6 is 0 Å². The predicted molar refractivity (Wildman–Crippen MR) is 77.4 cm³/mol. The Kier molecular flexibility index (Phi) is 4.45. The van der Waals surface area contributed by atoms with E-state index in [-0.39, 0.29) is 5.91 Å². The van der Waals surface area contributed by atoms with Crippen molar-refractivity contribution in [3.63, 3.8) is 0 Å². The molecule has 0 aliphatic carbocycles. The highest BCUT2D eigenvalue weighted by atomic mass is 16.2. The van der Waals surface area contributed by atoms with E-state index in [2.05, 4.69) is 22.3 Å². The number of nitrogens with zero attached hydrogens (tertiary/aromatic N) is 2. The molecule has 3 amide bonds. The van der Waals surface area contributed by atoms with Gasteiger partial charge in [-0.2, -0.15) is 0 Å². The van der Waals surface area contributed by atoms with Crippen LogP contribution in [0.25, 0.3) is 0 Å². The Morgan fingerprint density at radius 1 is 1.15 bits per heavy atom. The van der Waals surface area contributed by atoms with E-state index in [1.54, 1.807) is 11.8 Å². The van der Waals surface area contributed by atoms with Gasteiger partial charge in [0.15, 0.2) is 0 Å². The van der Waals surface area contributed by atoms with E-state index in [1.165, 1.54) is 5.69 Å². The monoisotopic (exact) mass is 276 g/mol. The maximum Gasteiger partial charge on any atom is 0.312 e. The van der Waals surface area contributed by atoms with Gasteiger partial charge in [-0.15, -0.1) is 0 Å². The molecule has 1 atom stereocenters. The molecule has 1 aliphatic rings. The summed E-state index contributed by atoms with van der Waals surface area (Å²) in [4.78, 5) is 26.9. The molecule has 108 valence electrons. The van der Waals surface area contributed by atoms with E-state index in [9.17, 15) is 9.59 Å². The second kappa shape index (κ2) is 6.27. The first kappa shape index (κ1) is 14.2. The topological polar surface area (TPSA) is 78.7 Å². The minimum Gasteiger partial charge on any atom is -0.368 e. The third kappa shape index (κ3) is 3.40. The third-order valence-electron chi connectivity index (χ3n) is 3.44. The number of nitrogens with one attached hydrogen (secondary N) is 1. The second-order valence-electron chi connectivity index (χ2n) is 4.88. The van der Waals surface area contributed by atoms with Crippen LogP contribution in [0.5, 0.6) is 0 Å². The molecule has 1 saturated heterocycles. The molecule has 0 saturated carbocycles. The average molecular weight is 276 g/mol. The number of anilines is 1. The zero-order valence-electron chi connectivity index (χ0n) is 11.6. The van der Waals surface area contributed by atoms with Crippen molar-refractivity contribution in [3.8, 4) is 0 Å². The summed E-state index contributed by atoms with van der Waals surface area (Å²) in [6.07, 6.45) is 0. The van der Waals surface area contributed by atoms with Gasteiger partial charge in [0.25, 0.3) is 0 Å². The van der Waals surface area contributed by atoms with E-state index in [1.807, 2.05) is 18.2 Å². The summed E-state index contributed by atoms with van der Waals surface area (Å²) in [5.74, 6) is -0.0866. The summed E-state index contributed by atoms with van der Waals surface area (Å²) in [6, 6.07) is 8.88. The summed E-state index contributed by atoms with van der Waals surface area (Å²) >= 11 is 0. The fourth-order valence-corrected chi connectivity index (χ4v) is 2.37. The van der Waals surface area contributed by atoms with E-state index >= 15 is 0 Å². The van der Waals surface area contributed by atoms with Gasteiger partial charge in [0.2, 0.25) is 5.91 Å². The number of nitrogens with two attached hydrogens (primary N) is 1. The maximum absolute atomic E-state index is 12.1. The van der Waals surface area contributed by atoms with Crippen molar-refractivity contribution in [2.24, 2.45) is 5.73 Å². The van der Waals surface area contributed by atoms with Crippen molar-refractivity contribution in [1.29, 1.82) is 0 Å². The van der Waals surface area contributed by atoms with Crippen LogP contribution in [0.4, 0.5) is 10.5 Å². The van der Waals surface area contributed by atoms with Crippen LogP contribution in [0.3, 0.4) is 0 Å². The van der Waals surface area contributed by atoms with E-state index in [4.69, 9.17) is 5.73 Å². The number of amides is 3. The highest BCUT2D eigenvalue weighted by molar-refractivity contribution is 5.86. The fraction of sp³-hybridized carbons (Fsp3) is 0.429. The molecule has 1 aliphatic heterocycles. The molecule has 1 aromatic rings. The van der Waals surface area contributed by atoms with Crippen molar-refractivity contribution in [2.45, 2.75) is 13.0 Å². The van der Waals surface area contributed by atoms with Gasteiger partial charge in [-0.25, -0.2) is 4.79 Å². The van der Waals surface area contributed by atoms with Crippen LogP contribution in [0, 0.1) is 0 Å². The van der Waals surface area contributed by atoms with Crippen molar-refractivity contribution < 1.29 is 9.59 Å². The maximum atomic E-state index is 12.1. The first-order chi connectivity index (χ1) is 9.58. The van der Waals surface area contributed by atoms with Gasteiger partial charge in [-0.3, -0.25) is 4.79 Å². The molecular formula is C14H20N4O2. The number of piperazine rings is 1. The summed E-state index contributed by atoms with van der Waals surface area (Å²) in [5, 5.41) is 2.42. The molecule has 1 unspecified atom stereocenters. The Bertz CT molecular complexity index is 469. The molecular weight excluding hydrogens is 256 g/mol. The Morgan fingerprint density at radius 2 is 1.75 bits per heavy atom. The Labute approximate surface area is 118 Å². The standard InChI is InChI=1S/C14H20N4O2/c1-11(16-14(15)20)13(19)18-9-7-17(8-10-18)12-5-3-2-4-6-12/h2-6,11H,7-10H2,1H3,(H3,15,16,20). The lowest BCUT2D eigenvalue weighted by atomic mass is 10.2. The molecule has 0 bridgehead atoms. The SMILES string of the molecule is CC(NC(N)=O)C(=O)N1CCN(c2ccccc2)CC1. The fourth-order valence-electron chi connectivity index (χ4n) is 2.37. The predicted octanol–water partition coefficient (Wildman–Crippen LogP) is 0.392. The molecule has 0 aromatic heterocycles. The van der Waals surface area contributed by atoms with Crippen LogP contribution in [-0.4, -0.2) is 49.1 Å². The van der Waals surface area contributed by atoms with Gasteiger partial charge in [0.1, 0.15) is 6.04 Å². The lowest BCUT2D eigenvalue weighted by Crippen LogP contribution is -2.54. The largest absolute Gasteiger partial charge is 0.368 e. The minimum atomic E-state index is -0.672. The zero-order chi connectivity index (χ0) is 14.5. The number of carbonyl (C=O) groups excluding carboxylic acids is 2. The number of para-hydroxylation sites is 1. The van der Waals surface area contributed by atoms with Crippen LogP contribution in [-0.2, 0) is 4.79 Å². The number of carbonyl (C=O) groups is 2. The highest BCUT2D eigenvalue weighted by Crippen LogP contribution is 2.15. The lowest BCUT2D eigenvalue weighted by molar-refractivity contribution is -0.133. The van der Waals surface area contributed by atoms with E-state index in [0.717, 1.165) is 13.1 Å². The Balaban J connectivity index is 1.88. The summed E-state index contributed by atoms with van der Waals surface area (Å²) in [5.41, 5.74) is 6.20. The minimum absolute atomic E-state index is 0.0866. The smallest absolute Gasteiger partial charge is 0.312 e. The van der Waals surface area contributed by atoms with Crippen LogP contribution in [0.1, 0.15) is 6.92 Å². The van der Waals surface area contributed by atoms with Gasteiger partial charge in [0, 0.05) is 31.9 Å². The number of rotatable bonds is 3. The molecule has 3 N–H and O–H groups in total. The average Bonchev–Trinajstić information content (AvgIpc) is 2.47. The van der Waals surface area contributed by atoms with Crippen LogP contribution in [0.2, 0.25) is 0 Å². The van der Waals surface area contributed by atoms with Crippen LogP contribution in [0.15, 0.2) is 30.3 Å².